The van der Waals surface area contributed by atoms with E-state index < -0.39 is 0 Å². The van der Waals surface area contributed by atoms with Gasteiger partial charge in [-0.1, -0.05) is 42.5 Å². The van der Waals surface area contributed by atoms with Crippen LogP contribution in [0.25, 0.3) is 5.69 Å². The van der Waals surface area contributed by atoms with Gasteiger partial charge >= 0.3 is 5.97 Å². The van der Waals surface area contributed by atoms with Crippen LogP contribution in [0.1, 0.15) is 56.5 Å². The van der Waals surface area contributed by atoms with Gasteiger partial charge in [-0.15, -0.1) is 0 Å². The van der Waals surface area contributed by atoms with Gasteiger partial charge in [0, 0.05) is 30.1 Å². The third-order valence-corrected chi connectivity index (χ3v) is 5.96. The number of ether oxygens (including phenoxy) is 1. The minimum atomic E-state index is -0.358. The monoisotopic (exact) mass is 437 g/mol. The van der Waals surface area contributed by atoms with Crippen LogP contribution in [-0.4, -0.2) is 21.4 Å². The number of aromatic nitrogens is 2. The highest BCUT2D eigenvalue weighted by Crippen LogP contribution is 2.31. The van der Waals surface area contributed by atoms with E-state index in [-0.39, 0.29) is 24.0 Å². The highest BCUT2D eigenvalue weighted by Gasteiger charge is 2.28. The third kappa shape index (κ3) is 4.28. The predicted molar refractivity (Wildman–Crippen MR) is 124 cm³/mol. The van der Waals surface area contributed by atoms with E-state index >= 15 is 0 Å². The molecule has 164 valence electrons. The molecule has 0 saturated heterocycles. The molecule has 1 aromatic heterocycles. The number of nitrogens with one attached hydrogen (secondary N) is 1. The quantitative estimate of drug-likeness (QED) is 0.455. The van der Waals surface area contributed by atoms with Crippen LogP contribution >= 0.6 is 0 Å². The first-order valence-corrected chi connectivity index (χ1v) is 10.9. The number of hydrogen-bond acceptors (Lipinski definition) is 4. The van der Waals surface area contributed by atoms with Crippen molar-refractivity contribution in [1.29, 1.82) is 0 Å². The fraction of sp³-hybridized carbons (Fsp3) is 0.148. The summed E-state index contributed by atoms with van der Waals surface area (Å²) in [7, 11) is 0. The maximum atomic E-state index is 13.0. The van der Waals surface area contributed by atoms with E-state index in [4.69, 9.17) is 4.74 Å². The Morgan fingerprint density at radius 2 is 1.88 bits per heavy atom. The minimum absolute atomic E-state index is 0.174. The first-order chi connectivity index (χ1) is 16.1. The van der Waals surface area contributed by atoms with Crippen LogP contribution in [0, 0.1) is 0 Å². The number of hydrogen-bond donors (Lipinski definition) is 1. The van der Waals surface area contributed by atoms with Gasteiger partial charge in [0.1, 0.15) is 6.10 Å². The summed E-state index contributed by atoms with van der Waals surface area (Å²) < 4.78 is 7.54. The number of benzene rings is 3. The van der Waals surface area contributed by atoms with Crippen molar-refractivity contribution in [2.75, 3.05) is 0 Å². The van der Waals surface area contributed by atoms with Crippen molar-refractivity contribution in [2.24, 2.45) is 0 Å². The van der Waals surface area contributed by atoms with E-state index in [1.165, 1.54) is 0 Å². The second-order valence-corrected chi connectivity index (χ2v) is 8.14. The van der Waals surface area contributed by atoms with Crippen molar-refractivity contribution >= 4 is 11.9 Å². The molecular formula is C27H23N3O3. The molecular weight excluding hydrogens is 414 g/mol. The number of rotatable bonds is 5. The van der Waals surface area contributed by atoms with Crippen molar-refractivity contribution in [3.8, 4) is 5.69 Å². The molecule has 0 aliphatic carbocycles. The molecule has 0 fully saturated rings. The number of nitrogens with zero attached hydrogens (tertiary/aromatic N) is 2. The molecule has 6 nitrogen and oxygen atoms in total. The Morgan fingerprint density at radius 3 is 2.61 bits per heavy atom. The average molecular weight is 437 g/mol. The van der Waals surface area contributed by atoms with Gasteiger partial charge in [-0.2, -0.15) is 0 Å². The molecule has 0 radical (unpaired) electrons. The lowest BCUT2D eigenvalue weighted by molar-refractivity contribution is 0.0252. The topological polar surface area (TPSA) is 73.2 Å². The molecule has 1 N–H and O–H groups in total. The number of imidazole rings is 1. The molecule has 5 rings (SSSR count). The summed E-state index contributed by atoms with van der Waals surface area (Å²) in [5.41, 5.74) is 4.81. The van der Waals surface area contributed by atoms with E-state index in [1.807, 2.05) is 72.3 Å². The Kier molecular flexibility index (Phi) is 5.48. The fourth-order valence-electron chi connectivity index (χ4n) is 4.10. The molecule has 4 aromatic rings. The summed E-state index contributed by atoms with van der Waals surface area (Å²) in [5.74, 6) is -0.539. The number of fused-ring (bicyclic) bond motifs is 1. The number of carbonyl (C=O) groups is 2. The number of esters is 1. The van der Waals surface area contributed by atoms with Crippen LogP contribution in [-0.2, 0) is 11.2 Å². The van der Waals surface area contributed by atoms with Crippen LogP contribution in [0.3, 0.4) is 0 Å². The van der Waals surface area contributed by atoms with Crippen molar-refractivity contribution in [3.63, 3.8) is 0 Å². The standard InChI is InChI=1S/C27H23N3O3/c1-18(19-7-10-23(11-8-19)30-14-13-28-17-30)29-26(31)21-9-12-24-22(15-21)16-25(33-27(24)32)20-5-3-2-4-6-20/h2-15,17-18,25H,16H2,1H3,(H,29,31)/t18-,25-/m0/s1. The molecule has 2 heterocycles. The van der Waals surface area contributed by atoms with Gasteiger partial charge in [0.15, 0.2) is 0 Å². The number of cyclic esters (lactones) is 1. The Hall–Kier alpha value is -4.19. The van der Waals surface area contributed by atoms with Crippen molar-refractivity contribution in [1.82, 2.24) is 14.9 Å². The van der Waals surface area contributed by atoms with E-state index in [1.54, 1.807) is 30.7 Å². The Labute approximate surface area is 191 Å². The zero-order valence-corrected chi connectivity index (χ0v) is 18.1. The number of amides is 1. The maximum Gasteiger partial charge on any atom is 0.339 e. The van der Waals surface area contributed by atoms with Gasteiger partial charge in [-0.3, -0.25) is 4.79 Å². The lowest BCUT2D eigenvalue weighted by Gasteiger charge is -2.25. The summed E-state index contributed by atoms with van der Waals surface area (Å²) in [4.78, 5) is 29.5. The van der Waals surface area contributed by atoms with Gasteiger partial charge < -0.3 is 14.6 Å². The molecule has 2 atom stereocenters. The fourth-order valence-corrected chi connectivity index (χ4v) is 4.10. The molecule has 6 heteroatoms. The van der Waals surface area contributed by atoms with Gasteiger partial charge in [0.05, 0.1) is 17.9 Å². The van der Waals surface area contributed by atoms with Crippen molar-refractivity contribution in [2.45, 2.75) is 25.5 Å². The van der Waals surface area contributed by atoms with Crippen molar-refractivity contribution in [3.05, 3.63) is 119 Å². The zero-order chi connectivity index (χ0) is 22.8. The minimum Gasteiger partial charge on any atom is -0.454 e. The summed E-state index contributed by atoms with van der Waals surface area (Å²) >= 11 is 0. The Balaban J connectivity index is 1.31. The third-order valence-electron chi connectivity index (χ3n) is 5.96. The molecule has 1 aliphatic heterocycles. The second kappa shape index (κ2) is 8.74. The molecule has 3 aromatic carbocycles. The van der Waals surface area contributed by atoms with Crippen LogP contribution in [0.2, 0.25) is 0 Å². The second-order valence-electron chi connectivity index (χ2n) is 8.14. The van der Waals surface area contributed by atoms with E-state index in [2.05, 4.69) is 10.3 Å². The Morgan fingerprint density at radius 1 is 1.09 bits per heavy atom. The van der Waals surface area contributed by atoms with Crippen LogP contribution in [0.5, 0.6) is 0 Å². The molecule has 0 saturated carbocycles. The van der Waals surface area contributed by atoms with Gasteiger partial charge in [-0.25, -0.2) is 9.78 Å². The SMILES string of the molecule is C[C@H](NC(=O)c1ccc2c(c1)C[C@@H](c1ccccc1)OC2=O)c1ccc(-n2ccnc2)cc1. The molecule has 33 heavy (non-hydrogen) atoms. The molecule has 0 bridgehead atoms. The lowest BCUT2D eigenvalue weighted by atomic mass is 9.93. The maximum absolute atomic E-state index is 13.0. The van der Waals surface area contributed by atoms with Gasteiger partial charge in [0.2, 0.25) is 0 Å². The first-order valence-electron chi connectivity index (χ1n) is 10.9. The predicted octanol–water partition coefficient (Wildman–Crippen LogP) is 4.82. The van der Waals surface area contributed by atoms with Gasteiger partial charge in [0.25, 0.3) is 5.91 Å². The largest absolute Gasteiger partial charge is 0.454 e. The van der Waals surface area contributed by atoms with Crippen LogP contribution in [0.4, 0.5) is 0 Å². The normalized spacial score (nSPS) is 15.9. The zero-order valence-electron chi connectivity index (χ0n) is 18.1. The highest BCUT2D eigenvalue weighted by molar-refractivity contribution is 5.98. The smallest absolute Gasteiger partial charge is 0.339 e. The summed E-state index contributed by atoms with van der Waals surface area (Å²) in [6, 6.07) is 22.6. The van der Waals surface area contributed by atoms with E-state index in [0.29, 0.717) is 17.5 Å². The average Bonchev–Trinajstić information content (AvgIpc) is 3.39. The summed E-state index contributed by atoms with van der Waals surface area (Å²) in [5, 5.41) is 3.05. The molecule has 0 unspecified atom stereocenters. The first kappa shape index (κ1) is 20.7. The number of carbonyl (C=O) groups excluding carboxylic acids is 2. The molecule has 0 spiro atoms. The van der Waals surface area contributed by atoms with Crippen LogP contribution < -0.4 is 5.32 Å². The summed E-state index contributed by atoms with van der Waals surface area (Å²) in [6.07, 6.45) is 5.55. The summed E-state index contributed by atoms with van der Waals surface area (Å²) in [6.45, 7) is 1.95. The van der Waals surface area contributed by atoms with E-state index in [9.17, 15) is 9.59 Å². The molecule has 1 amide bonds. The molecule has 1 aliphatic rings. The highest BCUT2D eigenvalue weighted by atomic mass is 16.5. The van der Waals surface area contributed by atoms with Crippen LogP contribution in [0.15, 0.2) is 91.5 Å². The Bertz CT molecular complexity index is 1280. The lowest BCUT2D eigenvalue weighted by Crippen LogP contribution is -2.28. The van der Waals surface area contributed by atoms with E-state index in [0.717, 1.165) is 22.4 Å². The van der Waals surface area contributed by atoms with Gasteiger partial charge in [-0.05, 0) is 53.9 Å². The van der Waals surface area contributed by atoms with Crippen molar-refractivity contribution < 1.29 is 14.3 Å².